The summed E-state index contributed by atoms with van der Waals surface area (Å²) in [5.41, 5.74) is 3.22. The van der Waals surface area contributed by atoms with Gasteiger partial charge in [-0.15, -0.1) is 0 Å². The SMILES string of the molecule is COC(=O)COc1c(Cl)cc(/C=N/c2oc(-c3ccccc3)c(-c3ccccc3)c2C#N)cc1OC. The second-order valence-corrected chi connectivity index (χ2v) is 7.89. The second kappa shape index (κ2) is 11.3. The van der Waals surface area contributed by atoms with Gasteiger partial charge in [-0.3, -0.25) is 0 Å². The highest BCUT2D eigenvalue weighted by Crippen LogP contribution is 2.42. The third-order valence-corrected chi connectivity index (χ3v) is 5.53. The lowest BCUT2D eigenvalue weighted by Crippen LogP contribution is -2.13. The number of furan rings is 1. The number of ether oxygens (including phenoxy) is 3. The maximum absolute atomic E-state index is 11.4. The fourth-order valence-electron chi connectivity index (χ4n) is 3.56. The van der Waals surface area contributed by atoms with Crippen molar-refractivity contribution >= 4 is 29.7 Å². The zero-order chi connectivity index (χ0) is 25.5. The Balaban J connectivity index is 1.75. The van der Waals surface area contributed by atoms with Crippen molar-refractivity contribution in [1.82, 2.24) is 0 Å². The molecule has 180 valence electrons. The predicted molar refractivity (Wildman–Crippen MR) is 137 cm³/mol. The molecule has 4 rings (SSSR count). The summed E-state index contributed by atoms with van der Waals surface area (Å²) in [6.45, 7) is -0.317. The van der Waals surface area contributed by atoms with Gasteiger partial charge in [-0.05, 0) is 23.3 Å². The molecule has 0 N–H and O–H groups in total. The quantitative estimate of drug-likeness (QED) is 0.204. The number of halogens is 1. The molecule has 0 spiro atoms. The van der Waals surface area contributed by atoms with Gasteiger partial charge >= 0.3 is 5.97 Å². The Labute approximate surface area is 213 Å². The van der Waals surface area contributed by atoms with E-state index in [1.807, 2.05) is 60.7 Å². The van der Waals surface area contributed by atoms with Crippen LogP contribution in [-0.4, -0.2) is 33.0 Å². The van der Waals surface area contributed by atoms with Gasteiger partial charge in [0.25, 0.3) is 0 Å². The average Bonchev–Trinajstić information content (AvgIpc) is 3.30. The fraction of sp³-hybridized carbons (Fsp3) is 0.107. The molecule has 0 saturated heterocycles. The van der Waals surface area contributed by atoms with Crippen LogP contribution in [0.4, 0.5) is 5.88 Å². The van der Waals surface area contributed by atoms with Crippen LogP contribution in [0.5, 0.6) is 11.5 Å². The lowest BCUT2D eigenvalue weighted by atomic mass is 9.98. The number of nitriles is 1. The van der Waals surface area contributed by atoms with Crippen LogP contribution in [0.25, 0.3) is 22.5 Å². The Bertz CT molecular complexity index is 1440. The van der Waals surface area contributed by atoms with Gasteiger partial charge in [0.05, 0.1) is 19.2 Å². The van der Waals surface area contributed by atoms with E-state index in [9.17, 15) is 10.1 Å². The molecule has 0 bridgehead atoms. The minimum absolute atomic E-state index is 0.163. The molecule has 1 aromatic heterocycles. The van der Waals surface area contributed by atoms with Crippen molar-refractivity contribution in [1.29, 1.82) is 5.26 Å². The Morgan fingerprint density at radius 1 is 1.06 bits per heavy atom. The number of nitrogens with zero attached hydrogens (tertiary/aromatic N) is 2. The summed E-state index contributed by atoms with van der Waals surface area (Å²) in [7, 11) is 2.72. The molecule has 0 unspecified atom stereocenters. The molecule has 7 nitrogen and oxygen atoms in total. The highest BCUT2D eigenvalue weighted by Gasteiger charge is 2.22. The first-order valence-electron chi connectivity index (χ1n) is 10.8. The number of benzene rings is 3. The van der Waals surface area contributed by atoms with E-state index < -0.39 is 5.97 Å². The Morgan fingerprint density at radius 3 is 2.33 bits per heavy atom. The fourth-order valence-corrected chi connectivity index (χ4v) is 3.84. The maximum Gasteiger partial charge on any atom is 0.343 e. The van der Waals surface area contributed by atoms with E-state index in [-0.39, 0.29) is 23.3 Å². The van der Waals surface area contributed by atoms with Crippen LogP contribution in [0.15, 0.2) is 82.2 Å². The summed E-state index contributed by atoms with van der Waals surface area (Å²) in [4.78, 5) is 15.9. The third-order valence-electron chi connectivity index (χ3n) is 5.24. The highest BCUT2D eigenvalue weighted by molar-refractivity contribution is 6.32. The summed E-state index contributed by atoms with van der Waals surface area (Å²) in [5, 5.41) is 10.2. The van der Waals surface area contributed by atoms with Gasteiger partial charge in [0.15, 0.2) is 18.1 Å². The van der Waals surface area contributed by atoms with Gasteiger partial charge < -0.3 is 18.6 Å². The van der Waals surface area contributed by atoms with Crippen molar-refractivity contribution in [2.24, 2.45) is 4.99 Å². The molecule has 0 saturated carbocycles. The molecule has 0 radical (unpaired) electrons. The van der Waals surface area contributed by atoms with Crippen molar-refractivity contribution in [2.75, 3.05) is 20.8 Å². The van der Waals surface area contributed by atoms with E-state index in [0.717, 1.165) is 11.1 Å². The molecule has 0 aliphatic carbocycles. The van der Waals surface area contributed by atoms with Gasteiger partial charge in [0.2, 0.25) is 5.88 Å². The third kappa shape index (κ3) is 5.24. The maximum atomic E-state index is 11.4. The van der Waals surface area contributed by atoms with E-state index in [4.69, 9.17) is 25.5 Å². The molecule has 4 aromatic rings. The van der Waals surface area contributed by atoms with Crippen molar-refractivity contribution < 1.29 is 23.4 Å². The first-order chi connectivity index (χ1) is 17.5. The molecular formula is C28H21ClN2O5. The smallest absolute Gasteiger partial charge is 0.343 e. The zero-order valence-electron chi connectivity index (χ0n) is 19.5. The minimum Gasteiger partial charge on any atom is -0.493 e. The summed E-state index contributed by atoms with van der Waals surface area (Å²) in [6, 6.07) is 24.6. The largest absolute Gasteiger partial charge is 0.493 e. The second-order valence-electron chi connectivity index (χ2n) is 7.49. The predicted octanol–water partition coefficient (Wildman–Crippen LogP) is 6.45. The zero-order valence-corrected chi connectivity index (χ0v) is 20.3. The van der Waals surface area contributed by atoms with Crippen LogP contribution in [0.3, 0.4) is 0 Å². The molecule has 0 aliphatic heterocycles. The number of carbonyl (C=O) groups is 1. The van der Waals surface area contributed by atoms with Crippen LogP contribution in [0.1, 0.15) is 11.1 Å². The van der Waals surface area contributed by atoms with Gasteiger partial charge in [0.1, 0.15) is 17.4 Å². The van der Waals surface area contributed by atoms with E-state index >= 15 is 0 Å². The molecule has 0 atom stereocenters. The Kier molecular flexibility index (Phi) is 7.69. The van der Waals surface area contributed by atoms with Crippen molar-refractivity contribution in [3.8, 4) is 40.0 Å². The van der Waals surface area contributed by atoms with Crippen molar-refractivity contribution in [3.63, 3.8) is 0 Å². The molecule has 8 heteroatoms. The Morgan fingerprint density at radius 2 is 1.72 bits per heavy atom. The number of carbonyl (C=O) groups excluding carboxylic acids is 1. The van der Waals surface area contributed by atoms with Crippen LogP contribution in [-0.2, 0) is 9.53 Å². The van der Waals surface area contributed by atoms with E-state index in [0.29, 0.717) is 28.2 Å². The monoisotopic (exact) mass is 500 g/mol. The number of methoxy groups -OCH3 is 2. The lowest BCUT2D eigenvalue weighted by Gasteiger charge is -2.12. The number of rotatable bonds is 8. The summed E-state index contributed by atoms with van der Waals surface area (Å²) < 4.78 is 21.5. The van der Waals surface area contributed by atoms with Crippen LogP contribution in [0, 0.1) is 11.3 Å². The van der Waals surface area contributed by atoms with E-state index in [2.05, 4.69) is 15.8 Å². The van der Waals surface area contributed by atoms with Crippen LogP contribution < -0.4 is 9.47 Å². The van der Waals surface area contributed by atoms with E-state index in [1.165, 1.54) is 20.4 Å². The van der Waals surface area contributed by atoms with Crippen LogP contribution in [0.2, 0.25) is 5.02 Å². The van der Waals surface area contributed by atoms with Gasteiger partial charge in [-0.1, -0.05) is 72.3 Å². The molecule has 1 heterocycles. The number of hydrogen-bond donors (Lipinski definition) is 0. The van der Waals surface area contributed by atoms with E-state index in [1.54, 1.807) is 12.1 Å². The summed E-state index contributed by atoms with van der Waals surface area (Å²) in [5.74, 6) is 0.672. The minimum atomic E-state index is -0.552. The molecule has 36 heavy (non-hydrogen) atoms. The molecule has 0 aliphatic rings. The highest BCUT2D eigenvalue weighted by atomic mass is 35.5. The molecule has 0 fully saturated rings. The normalized spacial score (nSPS) is 10.7. The standard InChI is InChI=1S/C28H21ClN2O5/c1-33-23-14-18(13-22(29)27(23)35-17-24(32)34-2)16-31-28-21(15-30)25(19-9-5-3-6-10-19)26(36-28)20-11-7-4-8-12-20/h3-14,16H,17H2,1-2H3/b31-16+. The van der Waals surface area contributed by atoms with Gasteiger partial charge in [0, 0.05) is 17.3 Å². The molecule has 0 amide bonds. The lowest BCUT2D eigenvalue weighted by molar-refractivity contribution is -0.142. The van der Waals surface area contributed by atoms with Gasteiger partial charge in [-0.25, -0.2) is 9.79 Å². The first-order valence-corrected chi connectivity index (χ1v) is 11.2. The summed E-state index contributed by atoms with van der Waals surface area (Å²) in [6.07, 6.45) is 1.52. The number of aliphatic imine (C=N–C) groups is 1. The molecular weight excluding hydrogens is 480 g/mol. The van der Waals surface area contributed by atoms with Gasteiger partial charge in [-0.2, -0.15) is 5.26 Å². The summed E-state index contributed by atoms with van der Waals surface area (Å²) >= 11 is 6.38. The number of esters is 1. The topological polar surface area (TPSA) is 94.0 Å². The van der Waals surface area contributed by atoms with Crippen molar-refractivity contribution in [3.05, 3.63) is 88.9 Å². The number of hydrogen-bond acceptors (Lipinski definition) is 7. The Hall–Kier alpha value is -4.54. The average molecular weight is 501 g/mol. The first kappa shape index (κ1) is 24.6. The van der Waals surface area contributed by atoms with Crippen LogP contribution >= 0.6 is 11.6 Å². The molecule has 3 aromatic carbocycles. The van der Waals surface area contributed by atoms with Crippen molar-refractivity contribution in [2.45, 2.75) is 0 Å².